The molecule has 0 spiro atoms. The molecule has 0 amide bonds. The molecule has 3 fully saturated rings. The first kappa shape index (κ1) is 13.7. The molecule has 2 aromatic rings. The topological polar surface area (TPSA) is 67.6 Å². The van der Waals surface area contributed by atoms with Gasteiger partial charge in [-0.1, -0.05) is 6.42 Å². The number of ether oxygens (including phenoxy) is 1. The van der Waals surface area contributed by atoms with Crippen molar-refractivity contribution in [3.63, 3.8) is 0 Å². The Hall–Kier alpha value is -1.73. The Balaban J connectivity index is 1.26. The average molecular weight is 314 g/mol. The minimum absolute atomic E-state index is 0.547. The molecule has 0 radical (unpaired) electrons. The van der Waals surface area contributed by atoms with E-state index in [0.29, 0.717) is 17.9 Å². The molecule has 1 saturated carbocycles. The zero-order valence-corrected chi connectivity index (χ0v) is 13.2. The van der Waals surface area contributed by atoms with Crippen molar-refractivity contribution < 1.29 is 4.74 Å². The third kappa shape index (κ3) is 2.38. The Labute approximate surface area is 135 Å². The van der Waals surface area contributed by atoms with E-state index in [9.17, 15) is 0 Å². The molecule has 23 heavy (non-hydrogen) atoms. The van der Waals surface area contributed by atoms with E-state index in [2.05, 4.69) is 26.5 Å². The summed E-state index contributed by atoms with van der Waals surface area (Å²) >= 11 is 0. The smallest absolute Gasteiger partial charge is 0.178 e. The van der Waals surface area contributed by atoms with Crippen molar-refractivity contribution >= 4 is 11.5 Å². The third-order valence-electron chi connectivity index (χ3n) is 5.36. The highest BCUT2D eigenvalue weighted by Crippen LogP contribution is 2.35. The molecule has 0 aromatic carbocycles. The summed E-state index contributed by atoms with van der Waals surface area (Å²) in [7, 11) is 0. The van der Waals surface area contributed by atoms with Crippen LogP contribution in [-0.4, -0.2) is 58.7 Å². The van der Waals surface area contributed by atoms with Gasteiger partial charge in [0.15, 0.2) is 11.5 Å². The van der Waals surface area contributed by atoms with Crippen molar-refractivity contribution in [1.29, 1.82) is 0 Å². The minimum atomic E-state index is 0.547. The number of nitrogens with zero attached hydrogens (tertiary/aromatic N) is 5. The van der Waals surface area contributed by atoms with Crippen molar-refractivity contribution in [2.24, 2.45) is 5.92 Å². The van der Waals surface area contributed by atoms with Crippen molar-refractivity contribution in [3.05, 3.63) is 18.0 Å². The molecule has 2 saturated heterocycles. The molecule has 2 aromatic heterocycles. The molecule has 7 heteroatoms. The van der Waals surface area contributed by atoms with E-state index in [4.69, 9.17) is 9.84 Å². The predicted octanol–water partition coefficient (Wildman–Crippen LogP) is 0.816. The van der Waals surface area contributed by atoms with Gasteiger partial charge in [-0.05, 0) is 25.0 Å². The number of aromatic nitrogens is 4. The number of nitrogens with one attached hydrogen (secondary N) is 1. The molecule has 4 heterocycles. The Morgan fingerprint density at radius 1 is 1.17 bits per heavy atom. The van der Waals surface area contributed by atoms with Crippen molar-refractivity contribution in [1.82, 2.24) is 25.1 Å². The second-order valence-corrected chi connectivity index (χ2v) is 7.06. The van der Waals surface area contributed by atoms with Gasteiger partial charge in [0.1, 0.15) is 5.82 Å². The minimum Gasteiger partial charge on any atom is -0.378 e. The molecule has 0 unspecified atom stereocenters. The summed E-state index contributed by atoms with van der Waals surface area (Å²) in [5.74, 6) is 3.34. The maximum Gasteiger partial charge on any atom is 0.178 e. The van der Waals surface area contributed by atoms with Crippen LogP contribution in [0.5, 0.6) is 0 Å². The van der Waals surface area contributed by atoms with E-state index in [1.807, 2.05) is 10.6 Å². The van der Waals surface area contributed by atoms with E-state index in [1.165, 1.54) is 19.3 Å². The number of fused-ring (bicyclic) bond motifs is 1. The highest BCUT2D eigenvalue weighted by molar-refractivity contribution is 5.47. The molecule has 3 aliphatic rings. The molecule has 2 aliphatic heterocycles. The van der Waals surface area contributed by atoms with E-state index in [0.717, 1.165) is 50.1 Å². The van der Waals surface area contributed by atoms with Crippen LogP contribution in [0, 0.1) is 5.92 Å². The Kier molecular flexibility index (Phi) is 3.22. The van der Waals surface area contributed by atoms with Gasteiger partial charge >= 0.3 is 0 Å². The molecular formula is C16H22N6O. The number of hydrogen-bond acceptors (Lipinski definition) is 6. The van der Waals surface area contributed by atoms with Gasteiger partial charge in [-0.2, -0.15) is 4.52 Å². The fourth-order valence-electron chi connectivity index (χ4n) is 3.46. The zero-order valence-electron chi connectivity index (χ0n) is 13.2. The molecular weight excluding hydrogens is 292 g/mol. The van der Waals surface area contributed by atoms with Crippen LogP contribution in [0.4, 0.5) is 5.82 Å². The zero-order chi connectivity index (χ0) is 15.2. The SMILES string of the molecule is c1cc2nnc(C3CCC3)n2nc1N1CC(CNC2COC2)C1. The first-order chi connectivity index (χ1) is 11.4. The van der Waals surface area contributed by atoms with Gasteiger partial charge < -0.3 is 15.0 Å². The van der Waals surface area contributed by atoms with Crippen LogP contribution in [0.15, 0.2) is 12.1 Å². The lowest BCUT2D eigenvalue weighted by Gasteiger charge is -2.41. The van der Waals surface area contributed by atoms with Gasteiger partial charge in [-0.25, -0.2) is 0 Å². The van der Waals surface area contributed by atoms with Gasteiger partial charge in [-0.15, -0.1) is 15.3 Å². The largest absolute Gasteiger partial charge is 0.378 e. The summed E-state index contributed by atoms with van der Waals surface area (Å²) in [4.78, 5) is 2.34. The van der Waals surface area contributed by atoms with Gasteiger partial charge in [0.25, 0.3) is 0 Å². The highest BCUT2D eigenvalue weighted by atomic mass is 16.5. The Morgan fingerprint density at radius 3 is 2.74 bits per heavy atom. The Morgan fingerprint density at radius 2 is 2.04 bits per heavy atom. The summed E-state index contributed by atoms with van der Waals surface area (Å²) in [6, 6.07) is 4.67. The average Bonchev–Trinajstić information content (AvgIpc) is 2.80. The van der Waals surface area contributed by atoms with Crippen LogP contribution in [-0.2, 0) is 4.74 Å². The molecule has 7 nitrogen and oxygen atoms in total. The van der Waals surface area contributed by atoms with Crippen LogP contribution < -0.4 is 10.2 Å². The monoisotopic (exact) mass is 314 g/mol. The lowest BCUT2D eigenvalue weighted by Crippen LogP contribution is -2.55. The summed E-state index contributed by atoms with van der Waals surface area (Å²) in [6.45, 7) is 4.95. The molecule has 1 N–H and O–H groups in total. The number of rotatable bonds is 5. The van der Waals surface area contributed by atoms with Crippen LogP contribution in [0.25, 0.3) is 5.65 Å². The number of anilines is 1. The standard InChI is InChI=1S/C16H22N6O/c1-2-12(3-1)16-19-18-14-4-5-15(20-22(14)16)21-7-11(8-21)6-17-13-9-23-10-13/h4-5,11-13,17H,1-3,6-10H2. The normalized spacial score (nSPS) is 22.9. The van der Waals surface area contributed by atoms with Crippen molar-refractivity contribution in [2.45, 2.75) is 31.2 Å². The second-order valence-electron chi connectivity index (χ2n) is 7.06. The maximum atomic E-state index is 5.19. The number of hydrogen-bond donors (Lipinski definition) is 1. The van der Waals surface area contributed by atoms with E-state index in [1.54, 1.807) is 0 Å². The van der Waals surface area contributed by atoms with Crippen LogP contribution >= 0.6 is 0 Å². The molecule has 5 rings (SSSR count). The van der Waals surface area contributed by atoms with E-state index < -0.39 is 0 Å². The Bertz CT molecular complexity index is 702. The van der Waals surface area contributed by atoms with E-state index >= 15 is 0 Å². The highest BCUT2D eigenvalue weighted by Gasteiger charge is 2.30. The summed E-state index contributed by atoms with van der Waals surface area (Å²) in [5.41, 5.74) is 0.861. The van der Waals surface area contributed by atoms with Crippen LogP contribution in [0.1, 0.15) is 31.0 Å². The molecule has 0 bridgehead atoms. The van der Waals surface area contributed by atoms with Crippen molar-refractivity contribution in [3.8, 4) is 0 Å². The van der Waals surface area contributed by atoms with Crippen molar-refractivity contribution in [2.75, 3.05) is 37.7 Å². The quantitative estimate of drug-likeness (QED) is 0.881. The van der Waals surface area contributed by atoms with E-state index in [-0.39, 0.29) is 0 Å². The van der Waals surface area contributed by atoms with Gasteiger partial charge in [0.05, 0.1) is 19.3 Å². The summed E-state index contributed by atoms with van der Waals surface area (Å²) < 4.78 is 7.14. The third-order valence-corrected chi connectivity index (χ3v) is 5.36. The molecule has 1 aliphatic carbocycles. The fourth-order valence-corrected chi connectivity index (χ4v) is 3.46. The van der Waals surface area contributed by atoms with Gasteiger partial charge in [-0.3, -0.25) is 0 Å². The first-order valence-corrected chi connectivity index (χ1v) is 8.65. The molecule has 122 valence electrons. The lowest BCUT2D eigenvalue weighted by atomic mass is 9.85. The summed E-state index contributed by atoms with van der Waals surface area (Å²) in [6.07, 6.45) is 3.73. The predicted molar refractivity (Wildman–Crippen MR) is 85.7 cm³/mol. The molecule has 0 atom stereocenters. The first-order valence-electron chi connectivity index (χ1n) is 8.65. The van der Waals surface area contributed by atoms with Crippen LogP contribution in [0.2, 0.25) is 0 Å². The second kappa shape index (κ2) is 5.42. The van der Waals surface area contributed by atoms with Gasteiger partial charge in [0.2, 0.25) is 0 Å². The lowest BCUT2D eigenvalue weighted by molar-refractivity contribution is -0.00690. The van der Waals surface area contributed by atoms with Crippen LogP contribution in [0.3, 0.4) is 0 Å². The maximum absolute atomic E-state index is 5.19. The summed E-state index contributed by atoms with van der Waals surface area (Å²) in [5, 5.41) is 17.0. The fraction of sp³-hybridized carbons (Fsp3) is 0.688. The van der Waals surface area contributed by atoms with Gasteiger partial charge in [0, 0.05) is 31.5 Å².